The van der Waals surface area contributed by atoms with Gasteiger partial charge in [-0.15, -0.1) is 0 Å². The van der Waals surface area contributed by atoms with Crippen LogP contribution in [0.4, 0.5) is 0 Å². The maximum Gasteiger partial charge on any atom is 0.123 e. The molecule has 0 bridgehead atoms. The Labute approximate surface area is 129 Å². The van der Waals surface area contributed by atoms with Crippen molar-refractivity contribution in [2.75, 3.05) is 32.8 Å². The number of likely N-dealkylation sites (tertiary alicyclic amines) is 1. The largest absolute Gasteiger partial charge is 0.492 e. The number of hydrogen-bond acceptors (Lipinski definition) is 3. The quantitative estimate of drug-likeness (QED) is 0.795. The summed E-state index contributed by atoms with van der Waals surface area (Å²) >= 11 is 0. The zero-order chi connectivity index (χ0) is 15.1. The van der Waals surface area contributed by atoms with E-state index in [-0.39, 0.29) is 0 Å². The van der Waals surface area contributed by atoms with Gasteiger partial charge in [-0.05, 0) is 51.4 Å². The van der Waals surface area contributed by atoms with E-state index in [0.717, 1.165) is 32.0 Å². The minimum absolute atomic E-state index is 0.675. The van der Waals surface area contributed by atoms with E-state index in [1.54, 1.807) is 0 Å². The first kappa shape index (κ1) is 16.3. The van der Waals surface area contributed by atoms with E-state index in [2.05, 4.69) is 49.2 Å². The zero-order valence-electron chi connectivity index (χ0n) is 13.8. The second kappa shape index (κ2) is 8.40. The standard InChI is InChI=1S/C18H30N2O/c1-15(2)13-19-14-17-12-16(3)6-7-18(17)21-11-10-20-8-4-5-9-20/h6-7,12,15,19H,4-5,8-11,13-14H2,1-3H3. The first-order valence-electron chi connectivity index (χ1n) is 8.30. The van der Waals surface area contributed by atoms with Crippen LogP contribution in [0.15, 0.2) is 18.2 Å². The first-order valence-corrected chi connectivity index (χ1v) is 8.30. The third-order valence-corrected chi connectivity index (χ3v) is 3.95. The van der Waals surface area contributed by atoms with E-state index in [9.17, 15) is 0 Å². The number of aryl methyl sites for hydroxylation is 1. The Bertz CT molecular complexity index is 425. The first-order chi connectivity index (χ1) is 10.1. The molecule has 0 atom stereocenters. The molecule has 0 unspecified atom stereocenters. The summed E-state index contributed by atoms with van der Waals surface area (Å²) in [7, 11) is 0. The maximum absolute atomic E-state index is 6.03. The van der Waals surface area contributed by atoms with Crippen LogP contribution >= 0.6 is 0 Å². The van der Waals surface area contributed by atoms with Crippen LogP contribution in [-0.2, 0) is 6.54 Å². The fraction of sp³-hybridized carbons (Fsp3) is 0.667. The molecule has 3 heteroatoms. The Balaban J connectivity index is 1.84. The normalized spacial score (nSPS) is 15.8. The lowest BCUT2D eigenvalue weighted by Crippen LogP contribution is -2.25. The Hall–Kier alpha value is -1.06. The SMILES string of the molecule is Cc1ccc(OCCN2CCCC2)c(CNCC(C)C)c1. The molecule has 1 saturated heterocycles. The lowest BCUT2D eigenvalue weighted by molar-refractivity contribution is 0.236. The molecule has 1 fully saturated rings. The average molecular weight is 290 g/mol. The van der Waals surface area contributed by atoms with Crippen LogP contribution in [-0.4, -0.2) is 37.7 Å². The fourth-order valence-electron chi connectivity index (χ4n) is 2.77. The zero-order valence-corrected chi connectivity index (χ0v) is 13.8. The second-order valence-corrected chi connectivity index (χ2v) is 6.53. The highest BCUT2D eigenvalue weighted by molar-refractivity contribution is 5.36. The molecule has 0 aromatic heterocycles. The number of nitrogens with zero attached hydrogens (tertiary/aromatic N) is 1. The van der Waals surface area contributed by atoms with E-state index < -0.39 is 0 Å². The number of rotatable bonds is 8. The topological polar surface area (TPSA) is 24.5 Å². The van der Waals surface area contributed by atoms with Gasteiger partial charge in [-0.3, -0.25) is 4.90 Å². The molecule has 0 aliphatic carbocycles. The third-order valence-electron chi connectivity index (χ3n) is 3.95. The van der Waals surface area contributed by atoms with Crippen molar-refractivity contribution in [1.82, 2.24) is 10.2 Å². The molecule has 0 amide bonds. The van der Waals surface area contributed by atoms with Crippen molar-refractivity contribution < 1.29 is 4.74 Å². The van der Waals surface area contributed by atoms with Crippen LogP contribution in [0.5, 0.6) is 5.75 Å². The lowest BCUT2D eigenvalue weighted by atomic mass is 10.1. The molecule has 118 valence electrons. The summed E-state index contributed by atoms with van der Waals surface area (Å²) < 4.78 is 6.03. The molecular weight excluding hydrogens is 260 g/mol. The number of ether oxygens (including phenoxy) is 1. The molecular formula is C18H30N2O. The van der Waals surface area contributed by atoms with Gasteiger partial charge in [0.15, 0.2) is 0 Å². The summed E-state index contributed by atoms with van der Waals surface area (Å²) in [5, 5.41) is 3.51. The van der Waals surface area contributed by atoms with E-state index in [1.807, 2.05) is 0 Å². The molecule has 1 aliphatic heterocycles. The van der Waals surface area contributed by atoms with Crippen molar-refractivity contribution in [1.29, 1.82) is 0 Å². The molecule has 2 rings (SSSR count). The van der Waals surface area contributed by atoms with Crippen LogP contribution in [0.25, 0.3) is 0 Å². The highest BCUT2D eigenvalue weighted by Crippen LogP contribution is 2.20. The van der Waals surface area contributed by atoms with Gasteiger partial charge in [-0.2, -0.15) is 0 Å². The van der Waals surface area contributed by atoms with Crippen molar-refractivity contribution >= 4 is 0 Å². The second-order valence-electron chi connectivity index (χ2n) is 6.53. The Kier molecular flexibility index (Phi) is 6.52. The van der Waals surface area contributed by atoms with Crippen LogP contribution in [0.3, 0.4) is 0 Å². The predicted molar refractivity (Wildman–Crippen MR) is 88.9 cm³/mol. The Morgan fingerprint density at radius 1 is 1.24 bits per heavy atom. The monoisotopic (exact) mass is 290 g/mol. The van der Waals surface area contributed by atoms with Gasteiger partial charge in [0.05, 0.1) is 0 Å². The van der Waals surface area contributed by atoms with E-state index in [0.29, 0.717) is 5.92 Å². The predicted octanol–water partition coefficient (Wildman–Crippen LogP) is 3.22. The summed E-state index contributed by atoms with van der Waals surface area (Å²) in [5.41, 5.74) is 2.57. The highest BCUT2D eigenvalue weighted by atomic mass is 16.5. The minimum Gasteiger partial charge on any atom is -0.492 e. The van der Waals surface area contributed by atoms with Gasteiger partial charge in [-0.1, -0.05) is 31.5 Å². The molecule has 1 heterocycles. The van der Waals surface area contributed by atoms with Gasteiger partial charge in [0, 0.05) is 18.7 Å². The van der Waals surface area contributed by atoms with Gasteiger partial charge < -0.3 is 10.1 Å². The van der Waals surface area contributed by atoms with Gasteiger partial charge in [0.25, 0.3) is 0 Å². The van der Waals surface area contributed by atoms with E-state index >= 15 is 0 Å². The van der Waals surface area contributed by atoms with Crippen LogP contribution in [0, 0.1) is 12.8 Å². The maximum atomic E-state index is 6.03. The molecule has 0 spiro atoms. The lowest BCUT2D eigenvalue weighted by Gasteiger charge is -2.17. The summed E-state index contributed by atoms with van der Waals surface area (Å²) in [4.78, 5) is 2.49. The van der Waals surface area contributed by atoms with Crippen molar-refractivity contribution in [3.8, 4) is 5.75 Å². The van der Waals surface area contributed by atoms with Crippen molar-refractivity contribution in [2.24, 2.45) is 5.92 Å². The van der Waals surface area contributed by atoms with Gasteiger partial charge in [0.2, 0.25) is 0 Å². The molecule has 0 radical (unpaired) electrons. The van der Waals surface area contributed by atoms with E-state index in [4.69, 9.17) is 4.74 Å². The van der Waals surface area contributed by atoms with Crippen molar-refractivity contribution in [3.63, 3.8) is 0 Å². The highest BCUT2D eigenvalue weighted by Gasteiger charge is 2.11. The third kappa shape index (κ3) is 5.68. The summed E-state index contributed by atoms with van der Waals surface area (Å²) in [6, 6.07) is 6.49. The van der Waals surface area contributed by atoms with Crippen LogP contribution < -0.4 is 10.1 Å². The molecule has 21 heavy (non-hydrogen) atoms. The molecule has 1 aromatic carbocycles. The van der Waals surface area contributed by atoms with Gasteiger partial charge in [-0.25, -0.2) is 0 Å². The minimum atomic E-state index is 0.675. The van der Waals surface area contributed by atoms with Gasteiger partial charge in [0.1, 0.15) is 12.4 Å². The molecule has 1 aliphatic rings. The van der Waals surface area contributed by atoms with Crippen molar-refractivity contribution in [3.05, 3.63) is 29.3 Å². The molecule has 1 N–H and O–H groups in total. The van der Waals surface area contributed by atoms with E-state index in [1.165, 1.54) is 37.1 Å². The van der Waals surface area contributed by atoms with Crippen molar-refractivity contribution in [2.45, 2.75) is 40.2 Å². The molecule has 0 saturated carbocycles. The fourth-order valence-corrected chi connectivity index (χ4v) is 2.77. The van der Waals surface area contributed by atoms with Crippen LogP contribution in [0.2, 0.25) is 0 Å². The Morgan fingerprint density at radius 2 is 2.00 bits per heavy atom. The Morgan fingerprint density at radius 3 is 2.71 bits per heavy atom. The van der Waals surface area contributed by atoms with Crippen LogP contribution in [0.1, 0.15) is 37.8 Å². The average Bonchev–Trinajstić information content (AvgIpc) is 2.94. The summed E-state index contributed by atoms with van der Waals surface area (Å²) in [5.74, 6) is 1.71. The smallest absolute Gasteiger partial charge is 0.123 e. The number of hydrogen-bond donors (Lipinski definition) is 1. The number of benzene rings is 1. The molecule has 3 nitrogen and oxygen atoms in total. The van der Waals surface area contributed by atoms with Gasteiger partial charge >= 0.3 is 0 Å². The molecule has 1 aromatic rings. The number of nitrogens with one attached hydrogen (secondary N) is 1. The summed E-state index contributed by atoms with van der Waals surface area (Å²) in [6.45, 7) is 12.8. The summed E-state index contributed by atoms with van der Waals surface area (Å²) in [6.07, 6.45) is 2.68.